The van der Waals surface area contributed by atoms with E-state index in [2.05, 4.69) is 5.32 Å². The third-order valence-corrected chi connectivity index (χ3v) is 5.58. The molecular weight excluding hydrogens is 381 g/mol. The molecule has 3 N–H and O–H groups in total. The molecule has 150 valence electrons. The van der Waals surface area contributed by atoms with Crippen LogP contribution in [-0.4, -0.2) is 39.4 Å². The van der Waals surface area contributed by atoms with Crippen molar-refractivity contribution in [3.05, 3.63) is 29.3 Å². The Morgan fingerprint density at radius 3 is 2.50 bits per heavy atom. The summed E-state index contributed by atoms with van der Waals surface area (Å²) in [5, 5.41) is 31.0. The molecule has 2 fully saturated rings. The van der Waals surface area contributed by atoms with Gasteiger partial charge in [0.05, 0.1) is 40.7 Å². The van der Waals surface area contributed by atoms with Crippen LogP contribution in [0.1, 0.15) is 31.4 Å². The van der Waals surface area contributed by atoms with Crippen molar-refractivity contribution in [3.8, 4) is 6.07 Å². The van der Waals surface area contributed by atoms with Gasteiger partial charge in [-0.25, -0.2) is 0 Å². The lowest BCUT2D eigenvalue weighted by Gasteiger charge is -2.36. The van der Waals surface area contributed by atoms with Gasteiger partial charge in [0.1, 0.15) is 5.60 Å². The number of nitriles is 1. The molecule has 2 heterocycles. The van der Waals surface area contributed by atoms with Crippen LogP contribution in [0, 0.1) is 23.2 Å². The summed E-state index contributed by atoms with van der Waals surface area (Å²) in [7, 11) is 0. The fraction of sp³-hybridized carbons (Fsp3) is 0.500. The first-order chi connectivity index (χ1) is 12.8. The van der Waals surface area contributed by atoms with Crippen LogP contribution in [0.15, 0.2) is 18.2 Å². The van der Waals surface area contributed by atoms with Crippen LogP contribution in [0.2, 0.25) is 0 Å². The van der Waals surface area contributed by atoms with Crippen LogP contribution < -0.4 is 5.32 Å². The third kappa shape index (κ3) is 2.91. The minimum atomic E-state index is -4.80. The first-order valence-corrected chi connectivity index (χ1v) is 8.37. The van der Waals surface area contributed by atoms with Gasteiger partial charge in [0.15, 0.2) is 0 Å². The molecule has 3 unspecified atom stereocenters. The monoisotopic (exact) mass is 398 g/mol. The van der Waals surface area contributed by atoms with E-state index in [4.69, 9.17) is 10.00 Å². The number of aliphatic hydroxyl groups is 1. The van der Waals surface area contributed by atoms with Crippen molar-refractivity contribution in [3.63, 3.8) is 0 Å². The number of rotatable bonds is 3. The lowest BCUT2D eigenvalue weighted by atomic mass is 9.66. The molecule has 7 nitrogen and oxygen atoms in total. The highest BCUT2D eigenvalue weighted by Crippen LogP contribution is 2.57. The number of ether oxygens (including phenoxy) is 1. The Bertz CT molecular complexity index is 896. The zero-order chi connectivity index (χ0) is 21.1. The predicted molar refractivity (Wildman–Crippen MR) is 87.9 cm³/mol. The highest BCUT2D eigenvalue weighted by Gasteiger charge is 2.71. The molecule has 2 saturated heterocycles. The lowest BCUT2D eigenvalue weighted by Crippen LogP contribution is -2.54. The van der Waals surface area contributed by atoms with Crippen molar-refractivity contribution >= 4 is 17.6 Å². The molecule has 0 radical (unpaired) electrons. The molecule has 28 heavy (non-hydrogen) atoms. The Labute approximate surface area is 157 Å². The zero-order valence-electron chi connectivity index (χ0n) is 14.9. The van der Waals surface area contributed by atoms with Crippen molar-refractivity contribution in [2.24, 2.45) is 11.8 Å². The second kappa shape index (κ2) is 6.18. The van der Waals surface area contributed by atoms with Crippen LogP contribution in [0.4, 0.5) is 18.9 Å². The number of fused-ring (bicyclic) bond motifs is 2. The summed E-state index contributed by atoms with van der Waals surface area (Å²) in [6.45, 7) is 2.90. The standard InChI is InChI=1S/C18H17F3N2O5/c1-16-6-11(24)17(2,28-16)12(13(16)15(26)27)14(25)23-9-4-3-8(7-22)10(5-9)18(19,20)21/h3-5,11-13,24H,6H2,1-2H3,(H,23,25)(H,26,27)/t11-,12?,13+,16?,17?/m0/s1. The first-order valence-electron chi connectivity index (χ1n) is 8.37. The van der Waals surface area contributed by atoms with Crippen LogP contribution in [0.3, 0.4) is 0 Å². The number of aliphatic carboxylic acids is 1. The van der Waals surface area contributed by atoms with E-state index in [0.29, 0.717) is 6.07 Å². The molecule has 1 aromatic rings. The number of nitrogens with zero attached hydrogens (tertiary/aromatic N) is 1. The number of hydrogen-bond donors (Lipinski definition) is 3. The van der Waals surface area contributed by atoms with E-state index in [0.717, 1.165) is 12.1 Å². The van der Waals surface area contributed by atoms with Gasteiger partial charge < -0.3 is 20.3 Å². The number of carboxylic acids is 1. The summed E-state index contributed by atoms with van der Waals surface area (Å²) >= 11 is 0. The molecule has 1 aromatic carbocycles. The number of aliphatic hydroxyl groups excluding tert-OH is 1. The number of benzene rings is 1. The Morgan fingerprint density at radius 2 is 1.96 bits per heavy atom. The Kier molecular flexibility index (Phi) is 4.44. The van der Waals surface area contributed by atoms with E-state index in [1.165, 1.54) is 19.9 Å². The maximum absolute atomic E-state index is 13.1. The highest BCUT2D eigenvalue weighted by atomic mass is 19.4. The van der Waals surface area contributed by atoms with Gasteiger partial charge in [0, 0.05) is 12.1 Å². The molecule has 0 saturated carbocycles. The van der Waals surface area contributed by atoms with E-state index in [9.17, 15) is 33.0 Å². The summed E-state index contributed by atoms with van der Waals surface area (Å²) in [6.07, 6.45) is -5.88. The summed E-state index contributed by atoms with van der Waals surface area (Å²) in [6, 6.07) is 4.09. The second-order valence-corrected chi connectivity index (χ2v) is 7.47. The van der Waals surface area contributed by atoms with Crippen LogP contribution in [-0.2, 0) is 20.5 Å². The molecular formula is C18H17F3N2O5. The SMILES string of the molecule is CC12C[C@H](O)C(C)(O1)C(C(=O)Nc1ccc(C#N)c(C(F)(F)F)c1)[C@@H]2C(=O)O. The van der Waals surface area contributed by atoms with E-state index in [-0.39, 0.29) is 12.1 Å². The minimum absolute atomic E-state index is 0.0271. The fourth-order valence-corrected chi connectivity index (χ4v) is 4.33. The van der Waals surface area contributed by atoms with Crippen molar-refractivity contribution in [2.75, 3.05) is 5.32 Å². The Balaban J connectivity index is 1.95. The molecule has 2 bridgehead atoms. The molecule has 0 aromatic heterocycles. The quantitative estimate of drug-likeness (QED) is 0.718. The Hall–Kier alpha value is -2.64. The summed E-state index contributed by atoms with van der Waals surface area (Å²) in [5.74, 6) is -4.77. The normalized spacial score (nSPS) is 34.1. The smallest absolute Gasteiger partial charge is 0.417 e. The first kappa shape index (κ1) is 20.1. The van der Waals surface area contributed by atoms with E-state index in [1.54, 1.807) is 0 Å². The predicted octanol–water partition coefficient (Wildman–Crippen LogP) is 2.14. The summed E-state index contributed by atoms with van der Waals surface area (Å²) < 4.78 is 45.0. The van der Waals surface area contributed by atoms with Gasteiger partial charge in [0.2, 0.25) is 5.91 Å². The maximum atomic E-state index is 13.1. The van der Waals surface area contributed by atoms with E-state index < -0.39 is 58.3 Å². The summed E-state index contributed by atoms with van der Waals surface area (Å²) in [5.41, 5.74) is -4.82. The number of amides is 1. The van der Waals surface area contributed by atoms with Gasteiger partial charge in [-0.15, -0.1) is 0 Å². The highest BCUT2D eigenvalue weighted by molar-refractivity contribution is 5.97. The van der Waals surface area contributed by atoms with Gasteiger partial charge in [0.25, 0.3) is 0 Å². The van der Waals surface area contributed by atoms with Gasteiger partial charge in [-0.1, -0.05) is 0 Å². The van der Waals surface area contributed by atoms with E-state index >= 15 is 0 Å². The van der Waals surface area contributed by atoms with Crippen molar-refractivity contribution < 1.29 is 37.7 Å². The number of halogens is 3. The van der Waals surface area contributed by atoms with Crippen LogP contribution in [0.25, 0.3) is 0 Å². The van der Waals surface area contributed by atoms with Gasteiger partial charge in [-0.05, 0) is 32.0 Å². The zero-order valence-corrected chi connectivity index (χ0v) is 14.9. The minimum Gasteiger partial charge on any atom is -0.481 e. The molecule has 0 spiro atoms. The van der Waals surface area contributed by atoms with Gasteiger partial charge in [-0.2, -0.15) is 18.4 Å². The molecule has 1 amide bonds. The number of carbonyl (C=O) groups excluding carboxylic acids is 1. The lowest BCUT2D eigenvalue weighted by molar-refractivity contribution is -0.151. The summed E-state index contributed by atoms with van der Waals surface area (Å²) in [4.78, 5) is 24.6. The maximum Gasteiger partial charge on any atom is 0.417 e. The third-order valence-electron chi connectivity index (χ3n) is 5.58. The van der Waals surface area contributed by atoms with Crippen molar-refractivity contribution in [1.29, 1.82) is 5.26 Å². The number of hydrogen-bond acceptors (Lipinski definition) is 5. The van der Waals surface area contributed by atoms with Gasteiger partial charge >= 0.3 is 12.1 Å². The van der Waals surface area contributed by atoms with Crippen LogP contribution in [0.5, 0.6) is 0 Å². The van der Waals surface area contributed by atoms with Crippen LogP contribution >= 0.6 is 0 Å². The average molecular weight is 398 g/mol. The number of carbonyl (C=O) groups is 2. The number of alkyl halides is 3. The number of nitrogens with one attached hydrogen (secondary N) is 1. The van der Waals surface area contributed by atoms with E-state index in [1.807, 2.05) is 0 Å². The molecule has 3 rings (SSSR count). The van der Waals surface area contributed by atoms with Crippen molar-refractivity contribution in [1.82, 2.24) is 0 Å². The molecule has 2 aliphatic heterocycles. The van der Waals surface area contributed by atoms with Crippen molar-refractivity contribution in [2.45, 2.75) is 43.8 Å². The van der Waals surface area contributed by atoms with Gasteiger partial charge in [-0.3, -0.25) is 9.59 Å². The Morgan fingerprint density at radius 1 is 1.32 bits per heavy atom. The largest absolute Gasteiger partial charge is 0.481 e. The molecule has 10 heteroatoms. The second-order valence-electron chi connectivity index (χ2n) is 7.47. The number of anilines is 1. The molecule has 5 atom stereocenters. The average Bonchev–Trinajstić information content (AvgIpc) is 2.95. The topological polar surface area (TPSA) is 120 Å². The molecule has 0 aliphatic carbocycles. The fourth-order valence-electron chi connectivity index (χ4n) is 4.33. The molecule has 2 aliphatic rings. The number of carboxylic acid groups (broad SMARTS) is 1.